The maximum atomic E-state index is 14.6. The number of hydrogen-bond donors (Lipinski definition) is 1. The molecule has 0 atom stereocenters. The summed E-state index contributed by atoms with van der Waals surface area (Å²) in [7, 11) is 1.58. The highest BCUT2D eigenvalue weighted by Crippen LogP contribution is 2.25. The molecule has 1 N–H and O–H groups in total. The average Bonchev–Trinajstić information content (AvgIpc) is 3.25. The van der Waals surface area contributed by atoms with Gasteiger partial charge in [0.05, 0.1) is 26.0 Å². The quantitative estimate of drug-likeness (QED) is 0.698. The summed E-state index contributed by atoms with van der Waals surface area (Å²) >= 11 is 0. The smallest absolute Gasteiger partial charge is 0.276 e. The zero-order valence-corrected chi connectivity index (χ0v) is 16.9. The minimum atomic E-state index is -0.418. The van der Waals surface area contributed by atoms with Gasteiger partial charge in [0.25, 0.3) is 5.91 Å². The van der Waals surface area contributed by atoms with Crippen LogP contribution in [0.1, 0.15) is 16.1 Å². The number of ether oxygens (including phenoxy) is 2. The third-order valence-corrected chi connectivity index (χ3v) is 4.96. The zero-order valence-electron chi connectivity index (χ0n) is 16.9. The molecule has 3 aromatic rings. The Morgan fingerprint density at radius 3 is 2.67 bits per heavy atom. The van der Waals surface area contributed by atoms with E-state index in [9.17, 15) is 9.18 Å². The van der Waals surface area contributed by atoms with E-state index in [0.29, 0.717) is 43.4 Å². The predicted octanol–water partition coefficient (Wildman–Crippen LogP) is 3.42. The van der Waals surface area contributed by atoms with Crippen LogP contribution in [-0.4, -0.2) is 49.1 Å². The summed E-state index contributed by atoms with van der Waals surface area (Å²) in [4.78, 5) is 14.5. The van der Waals surface area contributed by atoms with E-state index in [4.69, 9.17) is 9.47 Å². The fraction of sp³-hybridized carbons (Fsp3) is 0.273. The number of benzene rings is 2. The van der Waals surface area contributed by atoms with Crippen molar-refractivity contribution in [1.82, 2.24) is 9.78 Å². The molecule has 30 heavy (non-hydrogen) atoms. The monoisotopic (exact) mass is 410 g/mol. The molecule has 0 radical (unpaired) electrons. The van der Waals surface area contributed by atoms with Crippen molar-refractivity contribution in [3.05, 3.63) is 65.7 Å². The Labute approximate surface area is 174 Å². The van der Waals surface area contributed by atoms with Gasteiger partial charge in [0.15, 0.2) is 5.69 Å². The first-order valence-electron chi connectivity index (χ1n) is 9.69. The molecule has 0 unspecified atom stereocenters. The van der Waals surface area contributed by atoms with Crippen molar-refractivity contribution in [3.8, 4) is 11.4 Å². The molecule has 0 aliphatic carbocycles. The van der Waals surface area contributed by atoms with Crippen molar-refractivity contribution in [2.75, 3.05) is 43.6 Å². The standard InChI is InChI=1S/C22H23FN4O3/c1-15-3-6-21(29-2)20(13-15)27-8-7-18(25-27)22(28)24-16-4-5-19(17(23)14-16)26-9-11-30-12-10-26/h3-8,13-14H,9-12H2,1-2H3,(H,24,28). The molecule has 1 saturated heterocycles. The number of methoxy groups -OCH3 is 1. The number of anilines is 2. The van der Waals surface area contributed by atoms with E-state index in [1.54, 1.807) is 36.2 Å². The molecule has 1 aromatic heterocycles. The van der Waals surface area contributed by atoms with Crippen LogP contribution in [0.4, 0.5) is 15.8 Å². The Morgan fingerprint density at radius 2 is 1.93 bits per heavy atom. The van der Waals surface area contributed by atoms with Crippen LogP contribution >= 0.6 is 0 Å². The van der Waals surface area contributed by atoms with E-state index in [1.165, 1.54) is 6.07 Å². The highest BCUT2D eigenvalue weighted by atomic mass is 19.1. The van der Waals surface area contributed by atoms with Crippen LogP contribution in [0.2, 0.25) is 0 Å². The molecule has 0 spiro atoms. The minimum Gasteiger partial charge on any atom is -0.494 e. The fourth-order valence-electron chi connectivity index (χ4n) is 3.40. The summed E-state index contributed by atoms with van der Waals surface area (Å²) in [5.74, 6) is -0.153. The number of aromatic nitrogens is 2. The molecule has 2 aromatic carbocycles. The molecule has 4 rings (SSSR count). The summed E-state index contributed by atoms with van der Waals surface area (Å²) in [6.07, 6.45) is 1.69. The van der Waals surface area contributed by atoms with Gasteiger partial charge in [-0.1, -0.05) is 6.07 Å². The first-order chi connectivity index (χ1) is 14.5. The number of carbonyl (C=O) groups excluding carboxylic acids is 1. The van der Waals surface area contributed by atoms with Gasteiger partial charge in [0, 0.05) is 25.0 Å². The van der Waals surface area contributed by atoms with Crippen LogP contribution in [-0.2, 0) is 4.74 Å². The third-order valence-electron chi connectivity index (χ3n) is 4.96. The third kappa shape index (κ3) is 4.13. The molecule has 2 heterocycles. The molecular weight excluding hydrogens is 387 g/mol. The topological polar surface area (TPSA) is 68.6 Å². The SMILES string of the molecule is COc1ccc(C)cc1-n1ccc(C(=O)Nc2ccc(N3CCOCC3)c(F)c2)n1. The van der Waals surface area contributed by atoms with Gasteiger partial charge < -0.3 is 19.7 Å². The van der Waals surface area contributed by atoms with Crippen molar-refractivity contribution in [1.29, 1.82) is 0 Å². The number of rotatable bonds is 5. The molecule has 1 aliphatic heterocycles. The number of nitrogens with one attached hydrogen (secondary N) is 1. The second-order valence-electron chi connectivity index (χ2n) is 7.04. The second kappa shape index (κ2) is 8.54. The van der Waals surface area contributed by atoms with Gasteiger partial charge in [-0.05, 0) is 48.9 Å². The van der Waals surface area contributed by atoms with Crippen LogP contribution in [0.3, 0.4) is 0 Å². The second-order valence-corrected chi connectivity index (χ2v) is 7.04. The fourth-order valence-corrected chi connectivity index (χ4v) is 3.40. The summed E-state index contributed by atoms with van der Waals surface area (Å²) < 4.78 is 26.8. The predicted molar refractivity (Wildman–Crippen MR) is 112 cm³/mol. The number of amides is 1. The average molecular weight is 410 g/mol. The zero-order chi connectivity index (χ0) is 21.1. The van der Waals surface area contributed by atoms with Gasteiger partial charge in [-0.3, -0.25) is 4.79 Å². The van der Waals surface area contributed by atoms with Crippen LogP contribution in [0.5, 0.6) is 5.75 Å². The largest absolute Gasteiger partial charge is 0.494 e. The van der Waals surface area contributed by atoms with Crippen molar-refractivity contribution in [3.63, 3.8) is 0 Å². The molecule has 1 fully saturated rings. The van der Waals surface area contributed by atoms with Gasteiger partial charge in [-0.25, -0.2) is 9.07 Å². The molecule has 7 nitrogen and oxygen atoms in total. The van der Waals surface area contributed by atoms with Crippen LogP contribution in [0.15, 0.2) is 48.7 Å². The lowest BCUT2D eigenvalue weighted by Gasteiger charge is -2.29. The minimum absolute atomic E-state index is 0.219. The van der Waals surface area contributed by atoms with Crippen LogP contribution in [0.25, 0.3) is 5.69 Å². The Hall–Kier alpha value is -3.39. The highest BCUT2D eigenvalue weighted by Gasteiger charge is 2.17. The molecule has 0 bridgehead atoms. The summed E-state index contributed by atoms with van der Waals surface area (Å²) in [5, 5.41) is 7.05. The molecular formula is C22H23FN4O3. The number of morpholine rings is 1. The molecule has 8 heteroatoms. The molecule has 1 aliphatic rings. The van der Waals surface area contributed by atoms with Gasteiger partial charge in [0.1, 0.15) is 17.3 Å². The summed E-state index contributed by atoms with van der Waals surface area (Å²) in [5.41, 5.74) is 2.88. The van der Waals surface area contributed by atoms with Crippen molar-refractivity contribution < 1.29 is 18.7 Å². The van der Waals surface area contributed by atoms with Gasteiger partial charge in [-0.2, -0.15) is 5.10 Å². The van der Waals surface area contributed by atoms with Crippen molar-refractivity contribution in [2.24, 2.45) is 0 Å². The summed E-state index contributed by atoms with van der Waals surface area (Å²) in [6.45, 7) is 4.40. The van der Waals surface area contributed by atoms with Gasteiger partial charge >= 0.3 is 0 Å². The Balaban J connectivity index is 1.50. The van der Waals surface area contributed by atoms with E-state index in [1.807, 2.05) is 30.0 Å². The number of carbonyl (C=O) groups is 1. The van der Waals surface area contributed by atoms with Crippen LogP contribution in [0, 0.1) is 12.7 Å². The lowest BCUT2D eigenvalue weighted by atomic mass is 10.2. The first-order valence-corrected chi connectivity index (χ1v) is 9.69. The van der Waals surface area contributed by atoms with E-state index in [-0.39, 0.29) is 11.5 Å². The van der Waals surface area contributed by atoms with Crippen LogP contribution < -0.4 is 15.0 Å². The van der Waals surface area contributed by atoms with Crippen molar-refractivity contribution in [2.45, 2.75) is 6.92 Å². The number of nitrogens with zero attached hydrogens (tertiary/aromatic N) is 3. The number of halogens is 1. The normalized spacial score (nSPS) is 13.9. The van der Waals surface area contributed by atoms with Crippen molar-refractivity contribution >= 4 is 17.3 Å². The van der Waals surface area contributed by atoms with Gasteiger partial charge in [0.2, 0.25) is 0 Å². The highest BCUT2D eigenvalue weighted by molar-refractivity contribution is 6.02. The molecule has 156 valence electrons. The Morgan fingerprint density at radius 1 is 1.13 bits per heavy atom. The van der Waals surface area contributed by atoms with E-state index >= 15 is 0 Å². The Bertz CT molecular complexity index is 1060. The number of hydrogen-bond acceptors (Lipinski definition) is 5. The Kier molecular flexibility index (Phi) is 5.67. The lowest BCUT2D eigenvalue weighted by Crippen LogP contribution is -2.36. The van der Waals surface area contributed by atoms with Gasteiger partial charge in [-0.15, -0.1) is 0 Å². The number of aryl methyl sites for hydroxylation is 1. The van der Waals surface area contributed by atoms with E-state index < -0.39 is 5.91 Å². The lowest BCUT2D eigenvalue weighted by molar-refractivity contribution is 0.102. The van der Waals surface area contributed by atoms with E-state index in [0.717, 1.165) is 11.3 Å². The van der Waals surface area contributed by atoms with E-state index in [2.05, 4.69) is 10.4 Å². The molecule has 0 saturated carbocycles. The molecule has 1 amide bonds. The maximum Gasteiger partial charge on any atom is 0.276 e. The first kappa shape index (κ1) is 19.9. The summed E-state index contributed by atoms with van der Waals surface area (Å²) in [6, 6.07) is 12.0. The maximum absolute atomic E-state index is 14.6.